The van der Waals surface area contributed by atoms with Crippen molar-refractivity contribution in [1.29, 1.82) is 0 Å². The normalized spacial score (nSPS) is 10.7. The van der Waals surface area contributed by atoms with E-state index in [1.807, 2.05) is 23.9 Å². The number of benzene rings is 1. The van der Waals surface area contributed by atoms with Gasteiger partial charge in [-0.25, -0.2) is 4.98 Å². The lowest BCUT2D eigenvalue weighted by molar-refractivity contribution is 0.977. The van der Waals surface area contributed by atoms with Crippen LogP contribution in [0.1, 0.15) is 12.5 Å². The van der Waals surface area contributed by atoms with E-state index in [2.05, 4.69) is 30.1 Å². The van der Waals surface area contributed by atoms with Crippen molar-refractivity contribution in [3.8, 4) is 0 Å². The Morgan fingerprint density at radius 3 is 2.63 bits per heavy atom. The monoisotopic (exact) mass is 310 g/mol. The largest absolute Gasteiger partial charge is 0.326 e. The summed E-state index contributed by atoms with van der Waals surface area (Å²) in [4.78, 5) is 6.72. The predicted molar refractivity (Wildman–Crippen MR) is 84.1 cm³/mol. The average Bonchev–Trinajstić information content (AvgIpc) is 2.42. The Morgan fingerprint density at radius 1 is 1.21 bits per heavy atom. The zero-order valence-corrected chi connectivity index (χ0v) is 13.0. The second-order valence-electron chi connectivity index (χ2n) is 3.79. The van der Waals surface area contributed by atoms with Crippen molar-refractivity contribution < 1.29 is 0 Å². The van der Waals surface area contributed by atoms with E-state index in [0.717, 1.165) is 15.7 Å². The highest BCUT2D eigenvalue weighted by Gasteiger charge is 2.09. The zero-order valence-electron chi connectivity index (χ0n) is 10.6. The smallest absolute Gasteiger partial charge is 0.101 e. The molecule has 19 heavy (non-hydrogen) atoms. The van der Waals surface area contributed by atoms with Crippen LogP contribution >= 0.6 is 35.1 Å². The van der Waals surface area contributed by atoms with Gasteiger partial charge >= 0.3 is 0 Å². The highest BCUT2D eigenvalue weighted by Crippen LogP contribution is 2.34. The predicted octanol–water partition coefficient (Wildman–Crippen LogP) is 4.46. The first-order chi connectivity index (χ1) is 9.24. The van der Waals surface area contributed by atoms with Crippen LogP contribution in [0.25, 0.3) is 0 Å². The summed E-state index contributed by atoms with van der Waals surface area (Å²) in [5.41, 5.74) is 7.08. The molecule has 1 aromatic heterocycles. The first-order valence-corrected chi connectivity index (χ1v) is 8.16. The molecule has 0 saturated heterocycles. The third-order valence-electron chi connectivity index (χ3n) is 2.51. The van der Waals surface area contributed by atoms with Gasteiger partial charge in [0.1, 0.15) is 5.03 Å². The number of nitrogens with zero attached hydrogens (tertiary/aromatic N) is 1. The molecule has 0 amide bonds. The molecule has 0 unspecified atom stereocenters. The maximum Gasteiger partial charge on any atom is 0.101 e. The van der Waals surface area contributed by atoms with Crippen LogP contribution in [0.15, 0.2) is 51.3 Å². The fourth-order valence-corrected chi connectivity index (χ4v) is 3.63. The molecule has 0 aliphatic carbocycles. The molecule has 0 fully saturated rings. The first-order valence-electron chi connectivity index (χ1n) is 5.98. The number of aromatic nitrogens is 1. The summed E-state index contributed by atoms with van der Waals surface area (Å²) in [5, 5.41) is 1.58. The van der Waals surface area contributed by atoms with Crippen LogP contribution in [0.4, 0.5) is 0 Å². The van der Waals surface area contributed by atoms with Crippen LogP contribution in [0.5, 0.6) is 0 Å². The van der Waals surface area contributed by atoms with Crippen LogP contribution in [-0.2, 0) is 6.54 Å². The summed E-state index contributed by atoms with van der Waals surface area (Å²) in [7, 11) is 0. The van der Waals surface area contributed by atoms with Crippen LogP contribution in [-0.4, -0.2) is 10.7 Å². The fraction of sp³-hybridized carbons (Fsp3) is 0.214. The Labute approximate surface area is 127 Å². The summed E-state index contributed by atoms with van der Waals surface area (Å²) in [6, 6.07) is 10.0. The van der Waals surface area contributed by atoms with Crippen LogP contribution in [0.2, 0.25) is 5.02 Å². The van der Waals surface area contributed by atoms with E-state index < -0.39 is 0 Å². The van der Waals surface area contributed by atoms with E-state index in [0.29, 0.717) is 11.6 Å². The minimum Gasteiger partial charge on any atom is -0.326 e. The molecule has 0 spiro atoms. The summed E-state index contributed by atoms with van der Waals surface area (Å²) in [5.74, 6) is 1.04. The van der Waals surface area contributed by atoms with Crippen molar-refractivity contribution in [2.75, 3.05) is 5.75 Å². The average molecular weight is 311 g/mol. The molecule has 0 bridgehead atoms. The van der Waals surface area contributed by atoms with Gasteiger partial charge in [-0.1, -0.05) is 36.4 Å². The van der Waals surface area contributed by atoms with Gasteiger partial charge in [-0.05, 0) is 35.6 Å². The second kappa shape index (κ2) is 7.20. The molecule has 0 saturated carbocycles. The van der Waals surface area contributed by atoms with Crippen molar-refractivity contribution >= 4 is 35.1 Å². The lowest BCUT2D eigenvalue weighted by Gasteiger charge is -2.11. The molecular weight excluding hydrogens is 296 g/mol. The standard InChI is InChI=1S/C14H15ClN2S2/c1-2-18-12-4-3-5-13(11(12)8-16)19-14-7-6-10(15)9-17-14/h3-7,9H,2,8,16H2,1H3. The number of hydrogen-bond donors (Lipinski definition) is 1. The number of nitrogens with two attached hydrogens (primary N) is 1. The van der Waals surface area contributed by atoms with Gasteiger partial charge in [-0.2, -0.15) is 0 Å². The minimum absolute atomic E-state index is 0.541. The van der Waals surface area contributed by atoms with Crippen molar-refractivity contribution in [3.05, 3.63) is 47.1 Å². The van der Waals surface area contributed by atoms with Gasteiger partial charge < -0.3 is 5.73 Å². The van der Waals surface area contributed by atoms with E-state index in [4.69, 9.17) is 17.3 Å². The third kappa shape index (κ3) is 3.89. The Morgan fingerprint density at radius 2 is 2.00 bits per heavy atom. The molecule has 0 aliphatic rings. The third-order valence-corrected chi connectivity index (χ3v) is 4.77. The van der Waals surface area contributed by atoms with Gasteiger partial charge in [0, 0.05) is 22.5 Å². The summed E-state index contributed by atoms with van der Waals surface area (Å²) in [6.07, 6.45) is 1.66. The first kappa shape index (κ1) is 14.7. The van der Waals surface area contributed by atoms with Gasteiger partial charge in [0.05, 0.1) is 5.02 Å². The van der Waals surface area contributed by atoms with Gasteiger partial charge in [-0.3, -0.25) is 0 Å². The SMILES string of the molecule is CCSc1cccc(Sc2ccc(Cl)cn2)c1CN. The molecule has 1 aromatic carbocycles. The molecule has 2 rings (SSSR count). The number of pyridine rings is 1. The Balaban J connectivity index is 2.28. The molecule has 0 atom stereocenters. The van der Waals surface area contributed by atoms with Gasteiger partial charge in [0.15, 0.2) is 0 Å². The molecule has 2 N–H and O–H groups in total. The Bertz CT molecular complexity index is 544. The lowest BCUT2D eigenvalue weighted by atomic mass is 10.2. The number of rotatable bonds is 5. The Hall–Kier alpha value is -0.680. The van der Waals surface area contributed by atoms with Crippen molar-refractivity contribution in [3.63, 3.8) is 0 Å². The number of thioether (sulfide) groups is 1. The van der Waals surface area contributed by atoms with Crippen LogP contribution in [0.3, 0.4) is 0 Å². The van der Waals surface area contributed by atoms with E-state index in [9.17, 15) is 0 Å². The quantitative estimate of drug-likeness (QED) is 0.828. The second-order valence-corrected chi connectivity index (χ2v) is 6.59. The minimum atomic E-state index is 0.541. The molecular formula is C14H15ClN2S2. The Kier molecular flexibility index (Phi) is 5.58. The fourth-order valence-electron chi connectivity index (χ4n) is 1.67. The number of halogens is 1. The molecule has 100 valence electrons. The van der Waals surface area contributed by atoms with E-state index >= 15 is 0 Å². The van der Waals surface area contributed by atoms with E-state index in [-0.39, 0.29) is 0 Å². The van der Waals surface area contributed by atoms with E-state index in [1.165, 1.54) is 10.5 Å². The number of hydrogen-bond acceptors (Lipinski definition) is 4. The summed E-state index contributed by atoms with van der Waals surface area (Å²) >= 11 is 9.29. The van der Waals surface area contributed by atoms with Gasteiger partial charge in [0.25, 0.3) is 0 Å². The zero-order chi connectivity index (χ0) is 13.7. The van der Waals surface area contributed by atoms with Crippen molar-refractivity contribution in [2.24, 2.45) is 5.73 Å². The molecule has 2 nitrogen and oxygen atoms in total. The van der Waals surface area contributed by atoms with Gasteiger partial charge in [-0.15, -0.1) is 11.8 Å². The highest BCUT2D eigenvalue weighted by molar-refractivity contribution is 8.00. The summed E-state index contributed by atoms with van der Waals surface area (Å²) < 4.78 is 0. The van der Waals surface area contributed by atoms with Crippen molar-refractivity contribution in [1.82, 2.24) is 4.98 Å². The lowest BCUT2D eigenvalue weighted by Crippen LogP contribution is -2.01. The molecule has 2 aromatic rings. The maximum atomic E-state index is 5.89. The maximum absolute atomic E-state index is 5.89. The van der Waals surface area contributed by atoms with Crippen LogP contribution < -0.4 is 5.73 Å². The van der Waals surface area contributed by atoms with Gasteiger partial charge in [0.2, 0.25) is 0 Å². The summed E-state index contributed by atoms with van der Waals surface area (Å²) in [6.45, 7) is 2.69. The molecule has 1 heterocycles. The molecule has 5 heteroatoms. The highest BCUT2D eigenvalue weighted by atomic mass is 35.5. The van der Waals surface area contributed by atoms with E-state index in [1.54, 1.807) is 18.0 Å². The van der Waals surface area contributed by atoms with Crippen LogP contribution in [0, 0.1) is 0 Å². The topological polar surface area (TPSA) is 38.9 Å². The molecule has 0 aliphatic heterocycles. The molecule has 0 radical (unpaired) electrons. The van der Waals surface area contributed by atoms with Crippen molar-refractivity contribution in [2.45, 2.75) is 28.3 Å².